The minimum absolute atomic E-state index is 0.220. The van der Waals surface area contributed by atoms with Crippen LogP contribution < -0.4 is 9.47 Å². The topological polar surface area (TPSA) is 82.8 Å². The van der Waals surface area contributed by atoms with Crippen LogP contribution in [0.4, 0.5) is 0 Å². The van der Waals surface area contributed by atoms with Gasteiger partial charge in [0.2, 0.25) is 0 Å². The highest BCUT2D eigenvalue weighted by Gasteiger charge is 2.34. The molecule has 0 aliphatic carbocycles. The second kappa shape index (κ2) is 5.17. The van der Waals surface area contributed by atoms with Gasteiger partial charge in [-0.05, 0) is 13.8 Å². The summed E-state index contributed by atoms with van der Waals surface area (Å²) in [5.74, 6) is 0.830. The molecule has 0 unspecified atom stereocenters. The second-order valence-electron chi connectivity index (χ2n) is 5.65. The largest absolute Gasteiger partial charge is 0.486 e. The molecule has 22 heavy (non-hydrogen) atoms. The number of carbonyl (C=O) groups is 1. The van der Waals surface area contributed by atoms with Gasteiger partial charge < -0.3 is 23.9 Å². The Morgan fingerprint density at radius 1 is 1.36 bits per heavy atom. The first-order valence-electron chi connectivity index (χ1n) is 6.99. The molecule has 118 valence electrons. The van der Waals surface area contributed by atoms with E-state index in [9.17, 15) is 9.90 Å². The first kappa shape index (κ1) is 14.6. The number of fused-ring (bicyclic) bond motifs is 2. The highest BCUT2D eigenvalue weighted by Crippen LogP contribution is 2.36. The van der Waals surface area contributed by atoms with Crippen LogP contribution in [0.25, 0.3) is 11.0 Å². The predicted octanol–water partition coefficient (Wildman–Crippen LogP) is 1.77. The molecule has 3 rings (SSSR count). The molecule has 1 N–H and O–H groups in total. The van der Waals surface area contributed by atoms with Crippen molar-refractivity contribution < 1.29 is 24.1 Å². The van der Waals surface area contributed by atoms with E-state index in [1.807, 2.05) is 0 Å². The lowest BCUT2D eigenvalue weighted by Gasteiger charge is -2.25. The van der Waals surface area contributed by atoms with Crippen LogP contribution in [0.2, 0.25) is 0 Å². The lowest BCUT2D eigenvalue weighted by molar-refractivity contribution is -0.145. The zero-order valence-electron chi connectivity index (χ0n) is 12.8. The normalized spacial score (nSPS) is 14.3. The monoisotopic (exact) mass is 306 g/mol. The van der Waals surface area contributed by atoms with Gasteiger partial charge in [-0.3, -0.25) is 0 Å². The van der Waals surface area contributed by atoms with E-state index in [1.54, 1.807) is 37.7 Å². The molecule has 0 atom stereocenters. The average Bonchev–Trinajstić information content (AvgIpc) is 2.82. The van der Waals surface area contributed by atoms with Gasteiger partial charge in [0.05, 0.1) is 11.0 Å². The summed E-state index contributed by atoms with van der Waals surface area (Å²) in [6.45, 7) is 4.45. The number of hydrogen-bond donors (Lipinski definition) is 1. The third kappa shape index (κ3) is 2.18. The molecule has 0 amide bonds. The van der Waals surface area contributed by atoms with E-state index in [1.165, 1.54) is 0 Å². The smallest absolute Gasteiger partial charge is 0.329 e. The van der Waals surface area contributed by atoms with Crippen molar-refractivity contribution in [3.63, 3.8) is 0 Å². The van der Waals surface area contributed by atoms with Crippen LogP contribution >= 0.6 is 0 Å². The highest BCUT2D eigenvalue weighted by atomic mass is 16.6. The molecular formula is C15H18N2O5. The fourth-order valence-electron chi connectivity index (χ4n) is 2.61. The minimum Gasteiger partial charge on any atom is -0.486 e. The number of hydrogen-bond acceptors (Lipinski definition) is 5. The molecule has 0 saturated heterocycles. The van der Waals surface area contributed by atoms with E-state index in [0.29, 0.717) is 41.6 Å². The first-order chi connectivity index (χ1) is 10.4. The number of carboxylic acid groups (broad SMARTS) is 1. The lowest BCUT2D eigenvalue weighted by Crippen LogP contribution is -2.37. The Morgan fingerprint density at radius 2 is 2.00 bits per heavy atom. The lowest BCUT2D eigenvalue weighted by atomic mass is 10.1. The first-order valence-corrected chi connectivity index (χ1v) is 6.99. The van der Waals surface area contributed by atoms with Crippen LogP contribution in [-0.2, 0) is 21.7 Å². The van der Waals surface area contributed by atoms with Crippen molar-refractivity contribution in [1.82, 2.24) is 9.55 Å². The molecule has 1 aliphatic rings. The number of nitrogens with zero attached hydrogens (tertiary/aromatic N) is 2. The van der Waals surface area contributed by atoms with Gasteiger partial charge in [0.1, 0.15) is 31.2 Å². The van der Waals surface area contributed by atoms with Crippen molar-refractivity contribution in [2.24, 2.45) is 0 Å². The third-order valence-corrected chi connectivity index (χ3v) is 3.74. The highest BCUT2D eigenvalue weighted by molar-refractivity contribution is 5.85. The van der Waals surface area contributed by atoms with Gasteiger partial charge in [-0.2, -0.15) is 0 Å². The summed E-state index contributed by atoms with van der Waals surface area (Å²) in [5.41, 5.74) is 0.182. The van der Waals surface area contributed by atoms with E-state index >= 15 is 0 Å². The number of imidazole rings is 1. The predicted molar refractivity (Wildman–Crippen MR) is 78.4 cm³/mol. The number of rotatable bonds is 4. The molecule has 7 nitrogen and oxygen atoms in total. The van der Waals surface area contributed by atoms with Gasteiger partial charge in [-0.15, -0.1) is 0 Å². The molecule has 0 bridgehead atoms. The van der Waals surface area contributed by atoms with Crippen molar-refractivity contribution >= 4 is 17.0 Å². The quantitative estimate of drug-likeness (QED) is 0.927. The van der Waals surface area contributed by atoms with Crippen LogP contribution in [-0.4, -0.2) is 41.0 Å². The number of benzene rings is 1. The van der Waals surface area contributed by atoms with Crippen LogP contribution in [0.5, 0.6) is 11.5 Å². The Kier molecular flexibility index (Phi) is 3.44. The van der Waals surface area contributed by atoms with Crippen molar-refractivity contribution in [2.45, 2.75) is 26.0 Å². The molecule has 0 fully saturated rings. The van der Waals surface area contributed by atoms with Crippen LogP contribution in [0.3, 0.4) is 0 Å². The summed E-state index contributed by atoms with van der Waals surface area (Å²) >= 11 is 0. The van der Waals surface area contributed by atoms with E-state index in [2.05, 4.69) is 4.98 Å². The molecule has 2 aromatic rings. The van der Waals surface area contributed by atoms with Crippen molar-refractivity contribution in [2.75, 3.05) is 20.3 Å². The summed E-state index contributed by atoms with van der Waals surface area (Å²) in [4.78, 5) is 16.2. The molecule has 0 radical (unpaired) electrons. The van der Waals surface area contributed by atoms with Crippen LogP contribution in [0, 0.1) is 0 Å². The van der Waals surface area contributed by atoms with E-state index in [-0.39, 0.29) is 6.61 Å². The minimum atomic E-state index is -1.16. The summed E-state index contributed by atoms with van der Waals surface area (Å²) < 4.78 is 18.0. The van der Waals surface area contributed by atoms with Crippen LogP contribution in [0.1, 0.15) is 19.7 Å². The molecule has 1 aromatic carbocycles. The summed E-state index contributed by atoms with van der Waals surface area (Å²) in [6, 6.07) is 3.55. The van der Waals surface area contributed by atoms with Gasteiger partial charge in [0.15, 0.2) is 11.5 Å². The van der Waals surface area contributed by atoms with Gasteiger partial charge >= 0.3 is 5.97 Å². The molecule has 0 saturated carbocycles. The summed E-state index contributed by atoms with van der Waals surface area (Å²) in [7, 11) is 1.55. The van der Waals surface area contributed by atoms with Crippen molar-refractivity contribution in [3.8, 4) is 11.5 Å². The Hall–Kier alpha value is -2.28. The third-order valence-electron chi connectivity index (χ3n) is 3.74. The zero-order valence-corrected chi connectivity index (χ0v) is 12.8. The Morgan fingerprint density at radius 3 is 2.59 bits per heavy atom. The Balaban J connectivity index is 2.27. The Labute approximate surface area is 127 Å². The zero-order chi connectivity index (χ0) is 15.9. The number of ether oxygens (including phenoxy) is 3. The fraction of sp³-hybridized carbons (Fsp3) is 0.467. The van der Waals surface area contributed by atoms with Gasteiger partial charge in [0, 0.05) is 19.2 Å². The number of methoxy groups -OCH3 is 1. The standard InChI is InChI=1S/C15H18N2O5/c1-15(2,14(18)19)17-10-7-12-11(21-4-5-22-12)6-9(10)16-13(17)8-20-3/h6-7H,4-5,8H2,1-3H3,(H,18,19). The maximum absolute atomic E-state index is 11.7. The van der Waals surface area contributed by atoms with E-state index < -0.39 is 11.5 Å². The molecular weight excluding hydrogens is 288 g/mol. The summed E-state index contributed by atoms with van der Waals surface area (Å²) in [5, 5.41) is 9.56. The van der Waals surface area contributed by atoms with Gasteiger partial charge in [-0.1, -0.05) is 0 Å². The summed E-state index contributed by atoms with van der Waals surface area (Å²) in [6.07, 6.45) is 0. The van der Waals surface area contributed by atoms with Crippen LogP contribution in [0.15, 0.2) is 12.1 Å². The Bertz CT molecular complexity index is 735. The SMILES string of the molecule is COCc1nc2cc3c(cc2n1C(C)(C)C(=O)O)OCCO3. The van der Waals surface area contributed by atoms with Gasteiger partial charge in [0.25, 0.3) is 0 Å². The van der Waals surface area contributed by atoms with E-state index in [4.69, 9.17) is 14.2 Å². The average molecular weight is 306 g/mol. The fourth-order valence-corrected chi connectivity index (χ4v) is 2.61. The number of aromatic nitrogens is 2. The molecule has 1 aromatic heterocycles. The maximum atomic E-state index is 11.7. The molecule has 0 spiro atoms. The second-order valence-corrected chi connectivity index (χ2v) is 5.65. The molecule has 2 heterocycles. The van der Waals surface area contributed by atoms with Gasteiger partial charge in [-0.25, -0.2) is 9.78 Å². The number of aliphatic carboxylic acids is 1. The molecule has 7 heteroatoms. The number of carboxylic acids is 1. The maximum Gasteiger partial charge on any atom is 0.329 e. The molecule has 1 aliphatic heterocycles. The van der Waals surface area contributed by atoms with E-state index in [0.717, 1.165) is 0 Å². The van der Waals surface area contributed by atoms with Crippen molar-refractivity contribution in [3.05, 3.63) is 18.0 Å². The van der Waals surface area contributed by atoms with Crippen molar-refractivity contribution in [1.29, 1.82) is 0 Å².